The van der Waals surface area contributed by atoms with Crippen LogP contribution in [0.25, 0.3) is 0 Å². The molecule has 5 heteroatoms. The zero-order valence-corrected chi connectivity index (χ0v) is 10.0. The van der Waals surface area contributed by atoms with Gasteiger partial charge in [0.15, 0.2) is 11.5 Å². The Morgan fingerprint density at radius 3 is 3.00 bits per heavy atom. The van der Waals surface area contributed by atoms with Crippen molar-refractivity contribution in [3.8, 4) is 5.88 Å². The van der Waals surface area contributed by atoms with Gasteiger partial charge in [-0.1, -0.05) is 6.92 Å². The van der Waals surface area contributed by atoms with Crippen LogP contribution in [0, 0.1) is 5.92 Å². The normalized spacial score (nSPS) is 23.6. The Morgan fingerprint density at radius 1 is 1.53 bits per heavy atom. The summed E-state index contributed by atoms with van der Waals surface area (Å²) in [6.45, 7) is 2.65. The van der Waals surface area contributed by atoms with E-state index in [-0.39, 0.29) is 17.8 Å². The molecule has 0 radical (unpaired) electrons. The van der Waals surface area contributed by atoms with Crippen molar-refractivity contribution in [1.82, 2.24) is 9.97 Å². The second kappa shape index (κ2) is 5.23. The first-order valence-electron chi connectivity index (χ1n) is 5.78. The van der Waals surface area contributed by atoms with Crippen LogP contribution in [0.15, 0.2) is 12.4 Å². The molecule has 1 aromatic rings. The molecule has 0 saturated carbocycles. The summed E-state index contributed by atoms with van der Waals surface area (Å²) in [5, 5.41) is 0. The number of ether oxygens (including phenoxy) is 2. The van der Waals surface area contributed by atoms with Crippen LogP contribution >= 0.6 is 0 Å². The Morgan fingerprint density at radius 2 is 2.29 bits per heavy atom. The molecule has 1 aromatic heterocycles. The predicted molar refractivity (Wildman–Crippen MR) is 61.1 cm³/mol. The third-order valence-corrected chi connectivity index (χ3v) is 3.04. The number of nitrogens with zero attached hydrogens (tertiary/aromatic N) is 2. The zero-order chi connectivity index (χ0) is 12.3. The monoisotopic (exact) mass is 236 g/mol. The molecule has 0 aliphatic carbocycles. The maximum absolute atomic E-state index is 12.3. The highest BCUT2D eigenvalue weighted by atomic mass is 16.5. The Kier molecular flexibility index (Phi) is 3.68. The second-order valence-electron chi connectivity index (χ2n) is 3.99. The summed E-state index contributed by atoms with van der Waals surface area (Å²) in [5.74, 6) is 0.143. The lowest BCUT2D eigenvalue weighted by atomic mass is 9.93. The highest BCUT2D eigenvalue weighted by Crippen LogP contribution is 2.28. The van der Waals surface area contributed by atoms with Gasteiger partial charge in [0, 0.05) is 19.0 Å². The summed E-state index contributed by atoms with van der Waals surface area (Å²) in [4.78, 5) is 20.4. The van der Waals surface area contributed by atoms with E-state index < -0.39 is 0 Å². The maximum Gasteiger partial charge on any atom is 0.243 e. The fraction of sp³-hybridized carbons (Fsp3) is 0.583. The van der Waals surface area contributed by atoms with E-state index in [1.807, 2.05) is 6.92 Å². The molecule has 0 spiro atoms. The average Bonchev–Trinajstić information content (AvgIpc) is 2.86. The van der Waals surface area contributed by atoms with Crippen molar-refractivity contribution < 1.29 is 14.3 Å². The molecular weight excluding hydrogens is 220 g/mol. The molecule has 17 heavy (non-hydrogen) atoms. The van der Waals surface area contributed by atoms with Gasteiger partial charge < -0.3 is 9.47 Å². The first kappa shape index (κ1) is 12.0. The van der Waals surface area contributed by atoms with E-state index in [0.717, 1.165) is 12.8 Å². The summed E-state index contributed by atoms with van der Waals surface area (Å²) in [6, 6.07) is 0. The van der Waals surface area contributed by atoms with Crippen molar-refractivity contribution in [3.05, 3.63) is 18.1 Å². The van der Waals surface area contributed by atoms with Crippen molar-refractivity contribution in [2.24, 2.45) is 5.92 Å². The third kappa shape index (κ3) is 2.29. The third-order valence-electron chi connectivity index (χ3n) is 3.04. The Hall–Kier alpha value is -1.49. The molecule has 2 unspecified atom stereocenters. The number of Topliss-reactive ketones (excluding diaryl/α,β-unsaturated/α-hetero) is 1. The van der Waals surface area contributed by atoms with E-state index in [0.29, 0.717) is 18.2 Å². The molecule has 2 rings (SSSR count). The number of methoxy groups -OCH3 is 1. The van der Waals surface area contributed by atoms with Gasteiger partial charge in [-0.3, -0.25) is 4.79 Å². The van der Waals surface area contributed by atoms with Gasteiger partial charge in [-0.25, -0.2) is 9.97 Å². The van der Waals surface area contributed by atoms with Crippen molar-refractivity contribution >= 4 is 5.78 Å². The number of hydrogen-bond donors (Lipinski definition) is 0. The van der Waals surface area contributed by atoms with Crippen LogP contribution < -0.4 is 4.74 Å². The molecule has 1 aliphatic heterocycles. The summed E-state index contributed by atoms with van der Waals surface area (Å²) < 4.78 is 10.6. The van der Waals surface area contributed by atoms with Gasteiger partial charge in [-0.2, -0.15) is 0 Å². The van der Waals surface area contributed by atoms with Gasteiger partial charge in [0.05, 0.1) is 19.1 Å². The summed E-state index contributed by atoms with van der Waals surface area (Å²) >= 11 is 0. The van der Waals surface area contributed by atoms with Crippen LogP contribution in [-0.4, -0.2) is 35.6 Å². The van der Waals surface area contributed by atoms with Crippen LogP contribution in [0.1, 0.15) is 30.3 Å². The molecule has 1 aliphatic rings. The minimum atomic E-state index is -0.120. The number of hydrogen-bond acceptors (Lipinski definition) is 5. The van der Waals surface area contributed by atoms with Gasteiger partial charge in [0.25, 0.3) is 0 Å². The molecule has 0 bridgehead atoms. The van der Waals surface area contributed by atoms with Crippen LogP contribution in [-0.2, 0) is 4.74 Å². The Balaban J connectivity index is 2.24. The Bertz CT molecular complexity index is 408. The maximum atomic E-state index is 12.3. The molecule has 5 nitrogen and oxygen atoms in total. The lowest BCUT2D eigenvalue weighted by Crippen LogP contribution is -2.25. The molecule has 1 saturated heterocycles. The van der Waals surface area contributed by atoms with E-state index in [1.54, 1.807) is 0 Å². The molecule has 0 amide bonds. The summed E-state index contributed by atoms with van der Waals surface area (Å²) in [5.41, 5.74) is 0.309. The Labute approximate surface area is 100 Å². The molecule has 1 fully saturated rings. The fourth-order valence-electron chi connectivity index (χ4n) is 2.17. The van der Waals surface area contributed by atoms with Crippen molar-refractivity contribution in [2.75, 3.05) is 13.7 Å². The van der Waals surface area contributed by atoms with Crippen LogP contribution in [0.3, 0.4) is 0 Å². The number of ketones is 1. The number of carbonyl (C=O) groups excluding carboxylic acids is 1. The van der Waals surface area contributed by atoms with E-state index in [9.17, 15) is 4.79 Å². The number of carbonyl (C=O) groups is 1. The lowest BCUT2D eigenvalue weighted by Gasteiger charge is -2.15. The van der Waals surface area contributed by atoms with Crippen molar-refractivity contribution in [1.29, 1.82) is 0 Å². The second-order valence-corrected chi connectivity index (χ2v) is 3.99. The van der Waals surface area contributed by atoms with Gasteiger partial charge in [0.1, 0.15) is 0 Å². The fourth-order valence-corrected chi connectivity index (χ4v) is 2.17. The minimum Gasteiger partial charge on any atom is -0.479 e. The highest BCUT2D eigenvalue weighted by molar-refractivity contribution is 5.98. The largest absolute Gasteiger partial charge is 0.479 e. The SMILES string of the molecule is CCC1OCCC1C(=O)c1nccnc1OC. The van der Waals surface area contributed by atoms with Crippen molar-refractivity contribution in [2.45, 2.75) is 25.9 Å². The highest BCUT2D eigenvalue weighted by Gasteiger charge is 2.35. The van der Waals surface area contributed by atoms with Gasteiger partial charge in [-0.05, 0) is 12.8 Å². The van der Waals surface area contributed by atoms with Crippen LogP contribution in [0.2, 0.25) is 0 Å². The first-order valence-corrected chi connectivity index (χ1v) is 5.78. The summed E-state index contributed by atoms with van der Waals surface area (Å²) in [7, 11) is 1.49. The van der Waals surface area contributed by atoms with E-state index in [4.69, 9.17) is 9.47 Å². The standard InChI is InChI=1S/C12H16N2O3/c1-3-9-8(4-7-17-9)11(15)10-12(16-2)14-6-5-13-10/h5-6,8-9H,3-4,7H2,1-2H3. The smallest absolute Gasteiger partial charge is 0.243 e. The van der Waals surface area contributed by atoms with Crippen LogP contribution in [0.5, 0.6) is 5.88 Å². The molecule has 2 atom stereocenters. The molecule has 2 heterocycles. The van der Waals surface area contributed by atoms with E-state index in [1.165, 1.54) is 19.5 Å². The lowest BCUT2D eigenvalue weighted by molar-refractivity contribution is 0.0682. The van der Waals surface area contributed by atoms with Crippen molar-refractivity contribution in [3.63, 3.8) is 0 Å². The predicted octanol–water partition coefficient (Wildman–Crippen LogP) is 1.48. The number of aromatic nitrogens is 2. The molecule has 92 valence electrons. The topological polar surface area (TPSA) is 61.3 Å². The molecule has 0 aromatic carbocycles. The zero-order valence-electron chi connectivity index (χ0n) is 10.0. The average molecular weight is 236 g/mol. The first-order chi connectivity index (χ1) is 8.27. The van der Waals surface area contributed by atoms with Gasteiger partial charge >= 0.3 is 0 Å². The minimum absolute atomic E-state index is 0.00536. The van der Waals surface area contributed by atoms with E-state index in [2.05, 4.69) is 9.97 Å². The molecule has 0 N–H and O–H groups in total. The van der Waals surface area contributed by atoms with Gasteiger partial charge in [0.2, 0.25) is 5.88 Å². The molecular formula is C12H16N2O3. The van der Waals surface area contributed by atoms with Gasteiger partial charge in [-0.15, -0.1) is 0 Å². The quantitative estimate of drug-likeness (QED) is 0.741. The van der Waals surface area contributed by atoms with Crippen LogP contribution in [0.4, 0.5) is 0 Å². The number of rotatable bonds is 4. The summed E-state index contributed by atoms with van der Waals surface area (Å²) in [6.07, 6.45) is 4.59. The van der Waals surface area contributed by atoms with E-state index >= 15 is 0 Å².